The first-order valence-corrected chi connectivity index (χ1v) is 8.99. The average molecular weight is 478 g/mol. The van der Waals surface area contributed by atoms with Crippen LogP contribution < -0.4 is 10.6 Å². The van der Waals surface area contributed by atoms with Crippen LogP contribution in [0.1, 0.15) is 24.9 Å². The summed E-state index contributed by atoms with van der Waals surface area (Å²) in [7, 11) is 5.86. The fourth-order valence-corrected chi connectivity index (χ4v) is 2.39. The third-order valence-electron chi connectivity index (χ3n) is 3.76. The lowest BCUT2D eigenvalue weighted by molar-refractivity contribution is 0.0698. The minimum atomic E-state index is 0. The molecule has 6 nitrogen and oxygen atoms in total. The Labute approximate surface area is 175 Å². The number of nitrogens with one attached hydrogen (secondary N) is 2. The summed E-state index contributed by atoms with van der Waals surface area (Å²) in [6, 6.07) is 10.7. The van der Waals surface area contributed by atoms with E-state index in [0.717, 1.165) is 32.1 Å². The van der Waals surface area contributed by atoms with Crippen LogP contribution in [-0.4, -0.2) is 71.5 Å². The van der Waals surface area contributed by atoms with E-state index in [2.05, 4.69) is 60.8 Å². The molecule has 7 heteroatoms. The van der Waals surface area contributed by atoms with Crippen molar-refractivity contribution in [2.75, 3.05) is 60.7 Å². The molecule has 0 bridgehead atoms. The van der Waals surface area contributed by atoms with E-state index in [0.29, 0.717) is 19.8 Å². The van der Waals surface area contributed by atoms with E-state index < -0.39 is 0 Å². The monoisotopic (exact) mass is 478 g/mol. The first kappa shape index (κ1) is 25.1. The summed E-state index contributed by atoms with van der Waals surface area (Å²) in [6.45, 7) is 6.46. The molecule has 0 aliphatic heterocycles. The number of guanidine groups is 1. The van der Waals surface area contributed by atoms with Gasteiger partial charge < -0.3 is 25.0 Å². The van der Waals surface area contributed by atoms with Crippen LogP contribution in [-0.2, 0) is 9.47 Å². The summed E-state index contributed by atoms with van der Waals surface area (Å²) < 4.78 is 10.4. The summed E-state index contributed by atoms with van der Waals surface area (Å²) in [5.41, 5.74) is 1.28. The number of aliphatic imine (C=N–C) groups is 1. The third kappa shape index (κ3) is 10.9. The second-order valence-electron chi connectivity index (χ2n) is 6.00. The third-order valence-corrected chi connectivity index (χ3v) is 3.76. The predicted octanol–water partition coefficient (Wildman–Crippen LogP) is 2.52. The minimum Gasteiger partial charge on any atom is -0.382 e. The molecular formula is C19H35IN4O2. The Morgan fingerprint density at radius 2 is 1.85 bits per heavy atom. The molecule has 0 aliphatic carbocycles. The van der Waals surface area contributed by atoms with Crippen molar-refractivity contribution in [1.82, 2.24) is 15.5 Å². The maximum absolute atomic E-state index is 5.47. The van der Waals surface area contributed by atoms with Crippen LogP contribution in [0.3, 0.4) is 0 Å². The number of halogens is 1. The summed E-state index contributed by atoms with van der Waals surface area (Å²) in [5, 5.41) is 6.67. The molecule has 1 aromatic carbocycles. The van der Waals surface area contributed by atoms with Gasteiger partial charge in [-0.3, -0.25) is 4.99 Å². The first-order chi connectivity index (χ1) is 12.2. The van der Waals surface area contributed by atoms with Crippen molar-refractivity contribution in [3.05, 3.63) is 35.9 Å². The number of hydrogen-bond acceptors (Lipinski definition) is 4. The van der Waals surface area contributed by atoms with Crippen molar-refractivity contribution in [2.45, 2.75) is 19.4 Å². The van der Waals surface area contributed by atoms with Gasteiger partial charge in [0.2, 0.25) is 0 Å². The highest BCUT2D eigenvalue weighted by molar-refractivity contribution is 14.0. The van der Waals surface area contributed by atoms with Crippen molar-refractivity contribution in [1.29, 1.82) is 0 Å². The zero-order valence-corrected chi connectivity index (χ0v) is 18.9. The Hall–Kier alpha value is -0.900. The number of hydrogen-bond donors (Lipinski definition) is 2. The van der Waals surface area contributed by atoms with Gasteiger partial charge in [-0.25, -0.2) is 0 Å². The number of rotatable bonds is 12. The molecule has 0 amide bonds. The minimum absolute atomic E-state index is 0. The molecule has 0 aromatic heterocycles. The molecular weight excluding hydrogens is 443 g/mol. The maximum atomic E-state index is 5.47. The van der Waals surface area contributed by atoms with Crippen molar-refractivity contribution >= 4 is 29.9 Å². The molecule has 0 aliphatic rings. The van der Waals surface area contributed by atoms with Crippen LogP contribution in [0.25, 0.3) is 0 Å². The van der Waals surface area contributed by atoms with E-state index in [1.807, 2.05) is 6.07 Å². The van der Waals surface area contributed by atoms with Crippen LogP contribution in [0.15, 0.2) is 35.3 Å². The Kier molecular flexibility index (Phi) is 15.7. The van der Waals surface area contributed by atoms with Gasteiger partial charge in [0.15, 0.2) is 5.96 Å². The molecule has 0 radical (unpaired) electrons. The molecule has 2 N–H and O–H groups in total. The molecule has 0 spiro atoms. The molecule has 0 fully saturated rings. The molecule has 0 saturated carbocycles. The van der Waals surface area contributed by atoms with Crippen molar-refractivity contribution < 1.29 is 9.47 Å². The van der Waals surface area contributed by atoms with Crippen LogP contribution >= 0.6 is 24.0 Å². The van der Waals surface area contributed by atoms with Crippen LogP contribution in [0.4, 0.5) is 0 Å². The van der Waals surface area contributed by atoms with Gasteiger partial charge in [-0.1, -0.05) is 30.3 Å². The van der Waals surface area contributed by atoms with Crippen LogP contribution in [0.2, 0.25) is 0 Å². The zero-order valence-electron chi connectivity index (χ0n) is 16.5. The van der Waals surface area contributed by atoms with Gasteiger partial charge in [0.05, 0.1) is 25.8 Å². The normalized spacial score (nSPS) is 12.6. The van der Waals surface area contributed by atoms with E-state index in [9.17, 15) is 0 Å². The number of methoxy groups -OCH3 is 1. The Bertz CT molecular complexity index is 472. The number of nitrogens with zero attached hydrogens (tertiary/aromatic N) is 2. The van der Waals surface area contributed by atoms with E-state index >= 15 is 0 Å². The predicted molar refractivity (Wildman–Crippen MR) is 120 cm³/mol. The Morgan fingerprint density at radius 1 is 1.12 bits per heavy atom. The summed E-state index contributed by atoms with van der Waals surface area (Å²) in [6.07, 6.45) is 0.934. The quantitative estimate of drug-likeness (QED) is 0.209. The average Bonchev–Trinajstić information content (AvgIpc) is 2.61. The van der Waals surface area contributed by atoms with Crippen molar-refractivity contribution in [3.8, 4) is 0 Å². The number of likely N-dealkylation sites (N-methyl/N-ethyl adjacent to an activating group) is 1. The standard InChI is InChI=1S/C19H34N4O2.HI/c1-5-20-19(21-12-9-13-25-15-14-24-4)22-16-18(23(2)3)17-10-7-6-8-11-17;/h6-8,10-11,18H,5,9,12-16H2,1-4H3,(H2,20,21,22);1H. The van der Waals surface area contributed by atoms with E-state index in [4.69, 9.17) is 14.5 Å². The maximum Gasteiger partial charge on any atom is 0.191 e. The molecule has 1 unspecified atom stereocenters. The molecule has 1 aromatic rings. The Balaban J connectivity index is 0.00000625. The SMILES string of the molecule is CCNC(=NCC(c1ccccc1)N(C)C)NCCCOCCOC.I. The van der Waals surface area contributed by atoms with Gasteiger partial charge in [-0.05, 0) is 33.0 Å². The van der Waals surface area contributed by atoms with E-state index in [-0.39, 0.29) is 30.0 Å². The van der Waals surface area contributed by atoms with Gasteiger partial charge in [0.25, 0.3) is 0 Å². The second kappa shape index (κ2) is 16.3. The fraction of sp³-hybridized carbons (Fsp3) is 0.632. The van der Waals surface area contributed by atoms with E-state index in [1.54, 1.807) is 7.11 Å². The lowest BCUT2D eigenvalue weighted by atomic mass is 10.1. The first-order valence-electron chi connectivity index (χ1n) is 8.99. The molecule has 0 heterocycles. The van der Waals surface area contributed by atoms with Crippen LogP contribution in [0.5, 0.6) is 0 Å². The Morgan fingerprint density at radius 3 is 2.46 bits per heavy atom. The summed E-state index contributed by atoms with van der Waals surface area (Å²) >= 11 is 0. The van der Waals surface area contributed by atoms with Crippen molar-refractivity contribution in [3.63, 3.8) is 0 Å². The topological polar surface area (TPSA) is 58.1 Å². The zero-order chi connectivity index (χ0) is 18.3. The fourth-order valence-electron chi connectivity index (χ4n) is 2.39. The van der Waals surface area contributed by atoms with Gasteiger partial charge in [-0.2, -0.15) is 0 Å². The molecule has 1 atom stereocenters. The van der Waals surface area contributed by atoms with Gasteiger partial charge in [0, 0.05) is 26.8 Å². The number of ether oxygens (including phenoxy) is 2. The van der Waals surface area contributed by atoms with Gasteiger partial charge >= 0.3 is 0 Å². The summed E-state index contributed by atoms with van der Waals surface area (Å²) in [5.74, 6) is 0.849. The summed E-state index contributed by atoms with van der Waals surface area (Å²) in [4.78, 5) is 6.95. The molecule has 26 heavy (non-hydrogen) atoms. The smallest absolute Gasteiger partial charge is 0.191 e. The molecule has 150 valence electrons. The highest BCUT2D eigenvalue weighted by atomic mass is 127. The van der Waals surface area contributed by atoms with Crippen LogP contribution in [0, 0.1) is 0 Å². The number of benzene rings is 1. The second-order valence-corrected chi connectivity index (χ2v) is 6.00. The molecule has 1 rings (SSSR count). The van der Waals surface area contributed by atoms with Gasteiger partial charge in [-0.15, -0.1) is 24.0 Å². The highest BCUT2D eigenvalue weighted by Crippen LogP contribution is 2.17. The van der Waals surface area contributed by atoms with E-state index in [1.165, 1.54) is 5.56 Å². The highest BCUT2D eigenvalue weighted by Gasteiger charge is 2.13. The lowest BCUT2D eigenvalue weighted by Crippen LogP contribution is -2.38. The molecule has 0 saturated heterocycles. The van der Waals surface area contributed by atoms with Crippen molar-refractivity contribution in [2.24, 2.45) is 4.99 Å². The largest absolute Gasteiger partial charge is 0.382 e. The van der Waals surface area contributed by atoms with Gasteiger partial charge in [0.1, 0.15) is 0 Å². The lowest BCUT2D eigenvalue weighted by Gasteiger charge is -2.23.